The number of hydrogen-bond acceptors (Lipinski definition) is 6. The zero-order chi connectivity index (χ0) is 12.4. The SMILES string of the molecule is Nc1ncnc2c(Nc3ccccc3)ncnc12. The van der Waals surface area contributed by atoms with Gasteiger partial charge in [0.15, 0.2) is 11.6 Å². The quantitative estimate of drug-likeness (QED) is 0.706. The Morgan fingerprint density at radius 2 is 1.56 bits per heavy atom. The average molecular weight is 238 g/mol. The van der Waals surface area contributed by atoms with Gasteiger partial charge in [-0.3, -0.25) is 0 Å². The van der Waals surface area contributed by atoms with Gasteiger partial charge in [-0.05, 0) is 12.1 Å². The number of hydrogen-bond donors (Lipinski definition) is 2. The van der Waals surface area contributed by atoms with E-state index in [-0.39, 0.29) is 0 Å². The molecule has 1 aromatic carbocycles. The number of nitrogen functional groups attached to an aromatic ring is 1. The summed E-state index contributed by atoms with van der Waals surface area (Å²) in [5.41, 5.74) is 7.83. The van der Waals surface area contributed by atoms with Gasteiger partial charge in [-0.1, -0.05) is 18.2 Å². The van der Waals surface area contributed by atoms with Gasteiger partial charge in [0.05, 0.1) is 0 Å². The van der Waals surface area contributed by atoms with Crippen LogP contribution in [-0.4, -0.2) is 19.9 Å². The van der Waals surface area contributed by atoms with Crippen LogP contribution in [0.1, 0.15) is 0 Å². The summed E-state index contributed by atoms with van der Waals surface area (Å²) in [5, 5.41) is 3.18. The molecule has 0 radical (unpaired) electrons. The molecule has 18 heavy (non-hydrogen) atoms. The standard InChI is InChI=1S/C12H10N6/c13-11-9-10(15-6-16-11)12(17-7-14-9)18-8-4-2-1-3-5-8/h1-7H,(H2,13,15,16)(H,14,17,18). The van der Waals surface area contributed by atoms with Crippen molar-refractivity contribution in [3.8, 4) is 0 Å². The summed E-state index contributed by atoms with van der Waals surface area (Å²) in [4.78, 5) is 16.3. The van der Waals surface area contributed by atoms with E-state index >= 15 is 0 Å². The molecule has 3 N–H and O–H groups in total. The van der Waals surface area contributed by atoms with Gasteiger partial charge in [-0.15, -0.1) is 0 Å². The molecule has 0 bridgehead atoms. The van der Waals surface area contributed by atoms with Crippen molar-refractivity contribution in [2.45, 2.75) is 0 Å². The highest BCUT2D eigenvalue weighted by atomic mass is 15.1. The largest absolute Gasteiger partial charge is 0.382 e. The first-order valence-electron chi connectivity index (χ1n) is 5.38. The summed E-state index contributed by atoms with van der Waals surface area (Å²) >= 11 is 0. The smallest absolute Gasteiger partial charge is 0.160 e. The minimum atomic E-state index is 0.346. The molecule has 2 heterocycles. The van der Waals surface area contributed by atoms with E-state index in [9.17, 15) is 0 Å². The molecule has 3 aromatic rings. The third-order valence-electron chi connectivity index (χ3n) is 2.49. The van der Waals surface area contributed by atoms with Crippen molar-refractivity contribution >= 4 is 28.4 Å². The Morgan fingerprint density at radius 1 is 0.833 bits per heavy atom. The molecule has 3 rings (SSSR count). The van der Waals surface area contributed by atoms with Crippen LogP contribution in [-0.2, 0) is 0 Å². The summed E-state index contributed by atoms with van der Waals surface area (Å²) in [6.07, 6.45) is 2.84. The molecule has 0 aliphatic heterocycles. The topological polar surface area (TPSA) is 89.6 Å². The maximum absolute atomic E-state index is 5.75. The normalized spacial score (nSPS) is 10.4. The lowest BCUT2D eigenvalue weighted by atomic mass is 10.3. The predicted octanol–water partition coefficient (Wildman–Crippen LogP) is 1.75. The molecule has 6 heteroatoms. The second-order valence-electron chi connectivity index (χ2n) is 3.67. The number of anilines is 3. The van der Waals surface area contributed by atoms with Gasteiger partial charge in [0.1, 0.15) is 23.7 Å². The van der Waals surface area contributed by atoms with Crippen molar-refractivity contribution in [2.24, 2.45) is 0 Å². The summed E-state index contributed by atoms with van der Waals surface area (Å²) in [6, 6.07) is 9.71. The molecule has 88 valence electrons. The molecule has 0 spiro atoms. The fraction of sp³-hybridized carbons (Fsp3) is 0. The zero-order valence-electron chi connectivity index (χ0n) is 9.41. The monoisotopic (exact) mass is 238 g/mol. The summed E-state index contributed by atoms with van der Waals surface area (Å²) in [5.74, 6) is 0.957. The fourth-order valence-electron chi connectivity index (χ4n) is 1.65. The maximum atomic E-state index is 5.75. The van der Waals surface area contributed by atoms with Crippen molar-refractivity contribution < 1.29 is 0 Å². The van der Waals surface area contributed by atoms with Crippen molar-refractivity contribution in [1.82, 2.24) is 19.9 Å². The van der Waals surface area contributed by atoms with E-state index in [1.54, 1.807) is 0 Å². The van der Waals surface area contributed by atoms with Gasteiger partial charge in [0, 0.05) is 5.69 Å². The second-order valence-corrected chi connectivity index (χ2v) is 3.67. The molecule has 0 amide bonds. The number of rotatable bonds is 2. The average Bonchev–Trinajstić information content (AvgIpc) is 2.41. The van der Waals surface area contributed by atoms with Gasteiger partial charge in [-0.2, -0.15) is 0 Å². The van der Waals surface area contributed by atoms with E-state index in [1.807, 2.05) is 30.3 Å². The first-order chi connectivity index (χ1) is 8.84. The van der Waals surface area contributed by atoms with E-state index in [0.717, 1.165) is 5.69 Å². The van der Waals surface area contributed by atoms with E-state index in [0.29, 0.717) is 22.7 Å². The van der Waals surface area contributed by atoms with Gasteiger partial charge in [0.2, 0.25) is 0 Å². The van der Waals surface area contributed by atoms with Crippen molar-refractivity contribution in [1.29, 1.82) is 0 Å². The summed E-state index contributed by atoms with van der Waals surface area (Å²) in [7, 11) is 0. The third-order valence-corrected chi connectivity index (χ3v) is 2.49. The Kier molecular flexibility index (Phi) is 2.45. The Morgan fingerprint density at radius 3 is 2.39 bits per heavy atom. The van der Waals surface area contributed by atoms with E-state index in [1.165, 1.54) is 12.7 Å². The van der Waals surface area contributed by atoms with Crippen molar-refractivity contribution in [3.05, 3.63) is 43.0 Å². The van der Waals surface area contributed by atoms with E-state index in [2.05, 4.69) is 25.3 Å². The molecule has 0 aliphatic carbocycles. The minimum absolute atomic E-state index is 0.346. The molecule has 0 fully saturated rings. The van der Waals surface area contributed by atoms with Crippen LogP contribution in [0.15, 0.2) is 43.0 Å². The number of nitrogens with two attached hydrogens (primary N) is 1. The second kappa shape index (κ2) is 4.25. The zero-order valence-corrected chi connectivity index (χ0v) is 9.41. The predicted molar refractivity (Wildman–Crippen MR) is 69.3 cm³/mol. The van der Waals surface area contributed by atoms with Crippen LogP contribution in [0.2, 0.25) is 0 Å². The molecular weight excluding hydrogens is 228 g/mol. The van der Waals surface area contributed by atoms with E-state index < -0.39 is 0 Å². The van der Waals surface area contributed by atoms with Crippen molar-refractivity contribution in [3.63, 3.8) is 0 Å². The maximum Gasteiger partial charge on any atom is 0.160 e. The molecule has 2 aromatic heterocycles. The minimum Gasteiger partial charge on any atom is -0.382 e. The lowest BCUT2D eigenvalue weighted by Gasteiger charge is -2.07. The number of fused-ring (bicyclic) bond motifs is 1. The van der Waals surface area contributed by atoms with Crippen molar-refractivity contribution in [2.75, 3.05) is 11.1 Å². The summed E-state index contributed by atoms with van der Waals surface area (Å²) in [6.45, 7) is 0. The van der Waals surface area contributed by atoms with Crippen LogP contribution < -0.4 is 11.1 Å². The molecular formula is C12H10N6. The Balaban J connectivity index is 2.10. The number of nitrogens with one attached hydrogen (secondary N) is 1. The lowest BCUT2D eigenvalue weighted by Crippen LogP contribution is -2.01. The molecule has 0 saturated carbocycles. The van der Waals surface area contributed by atoms with Gasteiger partial charge in [-0.25, -0.2) is 19.9 Å². The molecule has 0 atom stereocenters. The molecule has 0 unspecified atom stereocenters. The van der Waals surface area contributed by atoms with Crippen LogP contribution in [0, 0.1) is 0 Å². The van der Waals surface area contributed by atoms with Gasteiger partial charge in [0.25, 0.3) is 0 Å². The Hall–Kier alpha value is -2.76. The van der Waals surface area contributed by atoms with Crippen LogP contribution in [0.5, 0.6) is 0 Å². The Bertz CT molecular complexity index is 682. The molecule has 0 saturated heterocycles. The number of para-hydroxylation sites is 1. The first kappa shape index (κ1) is 10.4. The first-order valence-corrected chi connectivity index (χ1v) is 5.38. The molecule has 6 nitrogen and oxygen atoms in total. The van der Waals surface area contributed by atoms with Crippen LogP contribution in [0.25, 0.3) is 11.0 Å². The number of nitrogens with zero attached hydrogens (tertiary/aromatic N) is 4. The van der Waals surface area contributed by atoms with Gasteiger partial charge < -0.3 is 11.1 Å². The van der Waals surface area contributed by atoms with E-state index in [4.69, 9.17) is 5.73 Å². The molecule has 0 aliphatic rings. The number of aromatic nitrogens is 4. The summed E-state index contributed by atoms with van der Waals surface area (Å²) < 4.78 is 0. The van der Waals surface area contributed by atoms with Crippen LogP contribution >= 0.6 is 0 Å². The highest BCUT2D eigenvalue weighted by Gasteiger charge is 2.07. The third kappa shape index (κ3) is 1.80. The van der Waals surface area contributed by atoms with Crippen LogP contribution in [0.3, 0.4) is 0 Å². The number of benzene rings is 1. The highest BCUT2D eigenvalue weighted by Crippen LogP contribution is 2.22. The van der Waals surface area contributed by atoms with Gasteiger partial charge >= 0.3 is 0 Å². The highest BCUT2D eigenvalue weighted by molar-refractivity contribution is 5.92. The Labute approximate surface area is 103 Å². The fourth-order valence-corrected chi connectivity index (χ4v) is 1.65. The lowest BCUT2D eigenvalue weighted by molar-refractivity contribution is 1.15. The van der Waals surface area contributed by atoms with Crippen LogP contribution in [0.4, 0.5) is 17.3 Å².